The third-order valence-corrected chi connectivity index (χ3v) is 9.90. The molecule has 0 radical (unpaired) electrons. The van der Waals surface area contributed by atoms with Crippen LogP contribution in [0.2, 0.25) is 0 Å². The number of carbonyl (C=O) groups is 2. The molecule has 27 heavy (non-hydrogen) atoms. The number of ketones is 2. The standard InChI is InChI=1S/C21H26Cl2O4/c1-18-7-5-13(25)9-12(18)3-4-15-14-6-8-20(27,17(26)11-24)19(14,2)10-16(22)21(15,18)23/h5,7,9,14-16,24,27H,3-4,6,8,10-11H2,1-2H3/t14-,15-,16+,18+,19+,20+,21+/m1/s1. The number of carbonyl (C=O) groups excluding carboxylic acids is 2. The molecule has 0 amide bonds. The highest BCUT2D eigenvalue weighted by atomic mass is 35.5. The second-order valence-electron chi connectivity index (χ2n) is 9.20. The quantitative estimate of drug-likeness (QED) is 0.682. The van der Waals surface area contributed by atoms with Crippen molar-refractivity contribution in [3.05, 3.63) is 23.8 Å². The SMILES string of the molecule is C[C@]12C=CC(=O)C=C1CC[C@@H]1[C@H]3CC[C@](O)(C(=O)CO)[C@@]3(C)C[C@H](Cl)[C@@]12Cl. The Morgan fingerprint density at radius 2 is 2.00 bits per heavy atom. The molecule has 0 aromatic heterocycles. The Labute approximate surface area is 169 Å². The molecule has 0 heterocycles. The fourth-order valence-corrected chi connectivity index (χ4v) is 7.97. The van der Waals surface area contributed by atoms with Gasteiger partial charge in [-0.1, -0.05) is 25.5 Å². The number of hydrogen-bond acceptors (Lipinski definition) is 4. The van der Waals surface area contributed by atoms with E-state index < -0.39 is 39.1 Å². The number of aliphatic hydroxyl groups excluding tert-OH is 1. The summed E-state index contributed by atoms with van der Waals surface area (Å²) < 4.78 is 0. The van der Waals surface area contributed by atoms with Gasteiger partial charge in [-0.3, -0.25) is 9.59 Å². The summed E-state index contributed by atoms with van der Waals surface area (Å²) in [6.07, 6.45) is 8.11. The van der Waals surface area contributed by atoms with Crippen molar-refractivity contribution in [1.82, 2.24) is 0 Å². The van der Waals surface area contributed by atoms with Gasteiger partial charge in [0.1, 0.15) is 12.2 Å². The zero-order valence-corrected chi connectivity index (χ0v) is 17.2. The molecule has 0 spiro atoms. The molecule has 3 fully saturated rings. The minimum absolute atomic E-state index is 0.0148. The van der Waals surface area contributed by atoms with E-state index in [-0.39, 0.29) is 17.6 Å². The van der Waals surface area contributed by atoms with Crippen molar-refractivity contribution in [3.63, 3.8) is 0 Å². The normalized spacial score (nSPS) is 51.3. The second-order valence-corrected chi connectivity index (χ2v) is 10.3. The van der Waals surface area contributed by atoms with E-state index in [1.54, 1.807) is 12.2 Å². The molecule has 0 unspecified atom stereocenters. The molecule has 4 aliphatic rings. The molecular weight excluding hydrogens is 387 g/mol. The lowest BCUT2D eigenvalue weighted by atomic mass is 9.46. The first-order chi connectivity index (χ1) is 12.5. The van der Waals surface area contributed by atoms with Crippen LogP contribution in [-0.4, -0.2) is 44.2 Å². The Kier molecular flexibility index (Phi) is 4.30. The van der Waals surface area contributed by atoms with Crippen LogP contribution in [0.4, 0.5) is 0 Å². The summed E-state index contributed by atoms with van der Waals surface area (Å²) in [5.74, 6) is -0.489. The van der Waals surface area contributed by atoms with Crippen molar-refractivity contribution in [2.45, 2.75) is 61.8 Å². The summed E-state index contributed by atoms with van der Waals surface area (Å²) >= 11 is 14.3. The van der Waals surface area contributed by atoms with Gasteiger partial charge in [-0.05, 0) is 56.1 Å². The lowest BCUT2D eigenvalue weighted by molar-refractivity contribution is -0.161. The average Bonchev–Trinajstić information content (AvgIpc) is 2.88. The van der Waals surface area contributed by atoms with Crippen LogP contribution in [0.5, 0.6) is 0 Å². The number of alkyl halides is 2. The van der Waals surface area contributed by atoms with Crippen LogP contribution in [-0.2, 0) is 9.59 Å². The predicted molar refractivity (Wildman–Crippen MR) is 104 cm³/mol. The molecule has 0 bridgehead atoms. The lowest BCUT2D eigenvalue weighted by Crippen LogP contribution is -2.67. The number of fused-ring (bicyclic) bond motifs is 5. The average molecular weight is 413 g/mol. The van der Waals surface area contributed by atoms with Gasteiger partial charge in [0.25, 0.3) is 0 Å². The smallest absolute Gasteiger partial charge is 0.190 e. The van der Waals surface area contributed by atoms with E-state index in [2.05, 4.69) is 6.92 Å². The molecule has 4 aliphatic carbocycles. The molecule has 2 N–H and O–H groups in total. The molecule has 4 rings (SSSR count). The topological polar surface area (TPSA) is 74.6 Å². The van der Waals surface area contributed by atoms with Crippen molar-refractivity contribution in [2.75, 3.05) is 6.61 Å². The van der Waals surface area contributed by atoms with Crippen LogP contribution in [0.25, 0.3) is 0 Å². The maximum atomic E-state index is 12.4. The molecule has 0 aromatic carbocycles. The van der Waals surface area contributed by atoms with Gasteiger partial charge in [-0.25, -0.2) is 0 Å². The van der Waals surface area contributed by atoms with Gasteiger partial charge in [0.15, 0.2) is 11.6 Å². The summed E-state index contributed by atoms with van der Waals surface area (Å²) in [4.78, 5) is 23.6. The van der Waals surface area contributed by atoms with E-state index in [0.717, 1.165) is 18.4 Å². The maximum absolute atomic E-state index is 12.4. The van der Waals surface area contributed by atoms with E-state index in [9.17, 15) is 19.8 Å². The van der Waals surface area contributed by atoms with Gasteiger partial charge in [-0.2, -0.15) is 0 Å². The number of allylic oxidation sites excluding steroid dienone is 4. The van der Waals surface area contributed by atoms with E-state index >= 15 is 0 Å². The van der Waals surface area contributed by atoms with Crippen LogP contribution in [0.1, 0.15) is 46.0 Å². The first kappa shape index (κ1) is 19.6. The fourth-order valence-electron chi connectivity index (χ4n) is 6.74. The minimum atomic E-state index is -1.56. The Balaban J connectivity index is 1.81. The van der Waals surface area contributed by atoms with Gasteiger partial charge in [-0.15, -0.1) is 23.2 Å². The summed E-state index contributed by atoms with van der Waals surface area (Å²) in [5.41, 5.74) is -1.78. The highest BCUT2D eigenvalue weighted by Gasteiger charge is 2.72. The highest BCUT2D eigenvalue weighted by Crippen LogP contribution is 2.71. The molecule has 7 atom stereocenters. The monoisotopic (exact) mass is 412 g/mol. The maximum Gasteiger partial charge on any atom is 0.190 e. The minimum Gasteiger partial charge on any atom is -0.388 e. The zero-order chi connectivity index (χ0) is 19.8. The van der Waals surface area contributed by atoms with E-state index in [1.807, 2.05) is 13.0 Å². The highest BCUT2D eigenvalue weighted by molar-refractivity contribution is 6.34. The Hall–Kier alpha value is -0.680. The summed E-state index contributed by atoms with van der Waals surface area (Å²) in [7, 11) is 0. The van der Waals surface area contributed by atoms with Crippen molar-refractivity contribution in [2.24, 2.45) is 22.7 Å². The number of hydrogen-bond donors (Lipinski definition) is 2. The largest absolute Gasteiger partial charge is 0.388 e. The second kappa shape index (κ2) is 5.91. The molecule has 3 saturated carbocycles. The van der Waals surface area contributed by atoms with Crippen molar-refractivity contribution >= 4 is 34.8 Å². The van der Waals surface area contributed by atoms with Crippen LogP contribution < -0.4 is 0 Å². The molecule has 4 nitrogen and oxygen atoms in total. The van der Waals surface area contributed by atoms with Gasteiger partial charge in [0.05, 0.1) is 10.3 Å². The molecule has 6 heteroatoms. The summed E-state index contributed by atoms with van der Waals surface area (Å²) in [6.45, 7) is 3.31. The Morgan fingerprint density at radius 3 is 2.67 bits per heavy atom. The van der Waals surface area contributed by atoms with Crippen LogP contribution in [0.3, 0.4) is 0 Å². The lowest BCUT2D eigenvalue weighted by Gasteiger charge is -2.63. The molecule has 0 aromatic rings. The fraction of sp³-hybridized carbons (Fsp3) is 0.714. The first-order valence-electron chi connectivity index (χ1n) is 9.68. The number of rotatable bonds is 2. The van der Waals surface area contributed by atoms with E-state index in [1.165, 1.54) is 0 Å². The van der Waals surface area contributed by atoms with Crippen molar-refractivity contribution < 1.29 is 19.8 Å². The molecule has 0 saturated heterocycles. The predicted octanol–water partition coefficient (Wildman–Crippen LogP) is 3.17. The van der Waals surface area contributed by atoms with Gasteiger partial charge in [0.2, 0.25) is 0 Å². The summed E-state index contributed by atoms with van der Waals surface area (Å²) in [6, 6.07) is 0. The van der Waals surface area contributed by atoms with E-state index in [0.29, 0.717) is 19.3 Å². The third kappa shape index (κ3) is 2.19. The number of Topliss-reactive ketones (excluding diaryl/α,β-unsaturated/α-hetero) is 1. The van der Waals surface area contributed by atoms with Gasteiger partial charge in [0, 0.05) is 10.8 Å². The van der Waals surface area contributed by atoms with Crippen molar-refractivity contribution in [1.29, 1.82) is 0 Å². The number of halogens is 2. The van der Waals surface area contributed by atoms with Gasteiger partial charge >= 0.3 is 0 Å². The Morgan fingerprint density at radius 1 is 1.30 bits per heavy atom. The molecular formula is C21H26Cl2O4. The van der Waals surface area contributed by atoms with E-state index in [4.69, 9.17) is 23.2 Å². The van der Waals surface area contributed by atoms with Gasteiger partial charge < -0.3 is 10.2 Å². The third-order valence-electron chi connectivity index (χ3n) is 8.35. The van der Waals surface area contributed by atoms with Crippen molar-refractivity contribution in [3.8, 4) is 0 Å². The van der Waals surface area contributed by atoms with Crippen LogP contribution >= 0.6 is 23.2 Å². The van der Waals surface area contributed by atoms with Crippen LogP contribution in [0, 0.1) is 22.7 Å². The molecule has 148 valence electrons. The van der Waals surface area contributed by atoms with Crippen LogP contribution in [0.15, 0.2) is 23.8 Å². The summed E-state index contributed by atoms with van der Waals surface area (Å²) in [5, 5.41) is 20.2. The zero-order valence-electron chi connectivity index (χ0n) is 15.7. The first-order valence-corrected chi connectivity index (χ1v) is 10.5. The number of aliphatic hydroxyl groups is 2. The Bertz CT molecular complexity index is 776. The molecule has 0 aliphatic heterocycles.